The van der Waals surface area contributed by atoms with Crippen molar-refractivity contribution in [2.75, 3.05) is 0 Å². The van der Waals surface area contributed by atoms with E-state index in [2.05, 4.69) is 56.3 Å². The average molecular weight is 379 g/mol. The van der Waals surface area contributed by atoms with Crippen LogP contribution in [0, 0.1) is 0 Å². The van der Waals surface area contributed by atoms with Gasteiger partial charge in [0.2, 0.25) is 0 Å². The molecule has 28 heavy (non-hydrogen) atoms. The van der Waals surface area contributed by atoms with E-state index in [1.807, 2.05) is 0 Å². The van der Waals surface area contributed by atoms with E-state index < -0.39 is 0 Å². The van der Waals surface area contributed by atoms with Gasteiger partial charge in [0.05, 0.1) is 0 Å². The number of hydrogen-bond acceptors (Lipinski definition) is 2. The molecule has 0 radical (unpaired) electrons. The van der Waals surface area contributed by atoms with Gasteiger partial charge in [-0.25, -0.2) is 0 Å². The van der Waals surface area contributed by atoms with Crippen LogP contribution in [0.2, 0.25) is 0 Å². The largest absolute Gasteiger partial charge is 0.453 e. The summed E-state index contributed by atoms with van der Waals surface area (Å²) >= 11 is 0. The normalized spacial score (nSPS) is 15.5. The lowest BCUT2D eigenvalue weighted by Crippen LogP contribution is -2.13. The van der Waals surface area contributed by atoms with Crippen LogP contribution in [0.15, 0.2) is 42.5 Å². The lowest BCUT2D eigenvalue weighted by Gasteiger charge is -2.25. The molecule has 2 heteroatoms. The molecule has 0 amide bonds. The molecule has 3 rings (SSSR count). The molecule has 1 unspecified atom stereocenters. The molecule has 1 atom stereocenters. The van der Waals surface area contributed by atoms with Gasteiger partial charge in [-0.05, 0) is 47.2 Å². The molecule has 0 bridgehead atoms. The van der Waals surface area contributed by atoms with Gasteiger partial charge in [-0.3, -0.25) is 4.79 Å². The van der Waals surface area contributed by atoms with Crippen molar-refractivity contribution in [3.05, 3.63) is 53.6 Å². The third-order valence-electron chi connectivity index (χ3n) is 5.73. The topological polar surface area (TPSA) is 26.3 Å². The van der Waals surface area contributed by atoms with Gasteiger partial charge >= 0.3 is 5.97 Å². The molecule has 0 spiro atoms. The zero-order valence-corrected chi connectivity index (χ0v) is 17.5. The summed E-state index contributed by atoms with van der Waals surface area (Å²) in [6, 6.07) is 12.9. The van der Waals surface area contributed by atoms with E-state index in [1.165, 1.54) is 54.0 Å². The van der Waals surface area contributed by atoms with Gasteiger partial charge in [-0.2, -0.15) is 0 Å². The first-order chi connectivity index (χ1) is 13.7. The second kappa shape index (κ2) is 10.5. The Kier molecular flexibility index (Phi) is 7.71. The molecule has 0 saturated carbocycles. The minimum absolute atomic E-state index is 0.0756. The van der Waals surface area contributed by atoms with Crippen LogP contribution in [0.1, 0.15) is 95.3 Å². The Morgan fingerprint density at radius 2 is 1.61 bits per heavy atom. The van der Waals surface area contributed by atoms with Crippen LogP contribution in [0.5, 0.6) is 0 Å². The molecule has 2 aromatic rings. The average Bonchev–Trinajstić information content (AvgIpc) is 2.71. The van der Waals surface area contributed by atoms with Crippen LogP contribution >= 0.6 is 0 Å². The molecular formula is C26H34O2. The predicted octanol–water partition coefficient (Wildman–Crippen LogP) is 7.76. The van der Waals surface area contributed by atoms with E-state index in [9.17, 15) is 4.79 Å². The second-order valence-electron chi connectivity index (χ2n) is 7.97. The Morgan fingerprint density at radius 1 is 0.893 bits per heavy atom. The molecule has 0 saturated heterocycles. The number of allylic oxidation sites excluding steroid dienone is 1. The lowest BCUT2D eigenvalue weighted by atomic mass is 9.84. The van der Waals surface area contributed by atoms with Crippen molar-refractivity contribution >= 4 is 22.3 Å². The van der Waals surface area contributed by atoms with Gasteiger partial charge in [0.25, 0.3) is 0 Å². The van der Waals surface area contributed by atoms with E-state index in [-0.39, 0.29) is 12.1 Å². The number of carbonyl (C=O) groups is 1. The number of rotatable bonds is 11. The van der Waals surface area contributed by atoms with Gasteiger partial charge in [-0.15, -0.1) is 0 Å². The van der Waals surface area contributed by atoms with E-state index >= 15 is 0 Å². The smallest absolute Gasteiger partial charge is 0.306 e. The molecule has 0 heterocycles. The highest BCUT2D eigenvalue weighted by molar-refractivity contribution is 5.98. The monoisotopic (exact) mass is 378 g/mol. The maximum absolute atomic E-state index is 12.4. The van der Waals surface area contributed by atoms with Crippen LogP contribution in [0.25, 0.3) is 16.3 Å². The van der Waals surface area contributed by atoms with Crippen molar-refractivity contribution in [1.29, 1.82) is 0 Å². The molecule has 0 N–H and O–H groups in total. The SMILES string of the molecule is CCCCCCCC1=CC(OC(=O)CCCCC)c2cccc3cccc1c23. The first-order valence-corrected chi connectivity index (χ1v) is 11.2. The van der Waals surface area contributed by atoms with E-state index in [0.29, 0.717) is 6.42 Å². The third-order valence-corrected chi connectivity index (χ3v) is 5.73. The summed E-state index contributed by atoms with van der Waals surface area (Å²) in [6.07, 6.45) is 13.0. The first kappa shape index (κ1) is 20.6. The number of hydrogen-bond donors (Lipinski definition) is 0. The molecule has 1 aliphatic carbocycles. The van der Waals surface area contributed by atoms with Gasteiger partial charge in [-0.1, -0.05) is 88.8 Å². The molecule has 0 aromatic heterocycles. The van der Waals surface area contributed by atoms with Gasteiger partial charge in [0.1, 0.15) is 6.10 Å². The summed E-state index contributed by atoms with van der Waals surface area (Å²) in [4.78, 5) is 12.4. The summed E-state index contributed by atoms with van der Waals surface area (Å²) < 4.78 is 5.94. The number of benzene rings is 2. The van der Waals surface area contributed by atoms with E-state index in [1.54, 1.807) is 0 Å². The van der Waals surface area contributed by atoms with Crippen LogP contribution in [0.4, 0.5) is 0 Å². The summed E-state index contributed by atoms with van der Waals surface area (Å²) in [6.45, 7) is 4.40. The second-order valence-corrected chi connectivity index (χ2v) is 7.97. The van der Waals surface area contributed by atoms with Crippen LogP contribution in [-0.2, 0) is 9.53 Å². The Hall–Kier alpha value is -2.09. The zero-order valence-electron chi connectivity index (χ0n) is 17.5. The zero-order chi connectivity index (χ0) is 19.8. The van der Waals surface area contributed by atoms with E-state index in [4.69, 9.17) is 4.74 Å². The van der Waals surface area contributed by atoms with Gasteiger partial charge < -0.3 is 4.74 Å². The fourth-order valence-electron chi connectivity index (χ4n) is 4.19. The number of carbonyl (C=O) groups excluding carboxylic acids is 1. The number of unbranched alkanes of at least 4 members (excludes halogenated alkanes) is 6. The van der Waals surface area contributed by atoms with Crippen molar-refractivity contribution in [1.82, 2.24) is 0 Å². The molecule has 1 aliphatic rings. The maximum atomic E-state index is 12.4. The lowest BCUT2D eigenvalue weighted by molar-refractivity contribution is -0.147. The minimum atomic E-state index is -0.252. The van der Waals surface area contributed by atoms with Crippen LogP contribution < -0.4 is 0 Å². The minimum Gasteiger partial charge on any atom is -0.453 e. The van der Waals surface area contributed by atoms with Crippen molar-refractivity contribution in [2.45, 2.75) is 84.2 Å². The van der Waals surface area contributed by atoms with Crippen molar-refractivity contribution in [2.24, 2.45) is 0 Å². The van der Waals surface area contributed by atoms with Crippen LogP contribution in [-0.4, -0.2) is 5.97 Å². The highest BCUT2D eigenvalue weighted by Crippen LogP contribution is 2.41. The van der Waals surface area contributed by atoms with Crippen molar-refractivity contribution in [3.8, 4) is 0 Å². The fourth-order valence-corrected chi connectivity index (χ4v) is 4.19. The summed E-state index contributed by atoms with van der Waals surface area (Å²) in [5.74, 6) is -0.0756. The predicted molar refractivity (Wildman–Crippen MR) is 118 cm³/mol. The molecule has 150 valence electrons. The Balaban J connectivity index is 1.80. The first-order valence-electron chi connectivity index (χ1n) is 11.2. The Morgan fingerprint density at radius 3 is 2.39 bits per heavy atom. The number of ether oxygens (including phenoxy) is 1. The quantitative estimate of drug-likeness (QED) is 0.295. The molecule has 2 aromatic carbocycles. The summed E-state index contributed by atoms with van der Waals surface area (Å²) in [7, 11) is 0. The summed E-state index contributed by atoms with van der Waals surface area (Å²) in [5, 5.41) is 2.50. The fraction of sp³-hybridized carbons (Fsp3) is 0.500. The third kappa shape index (κ3) is 5.04. The highest BCUT2D eigenvalue weighted by atomic mass is 16.5. The summed E-state index contributed by atoms with van der Waals surface area (Å²) in [5.41, 5.74) is 3.79. The molecular weight excluding hydrogens is 344 g/mol. The van der Waals surface area contributed by atoms with Crippen LogP contribution in [0.3, 0.4) is 0 Å². The molecule has 0 aliphatic heterocycles. The van der Waals surface area contributed by atoms with Gasteiger partial charge in [0.15, 0.2) is 0 Å². The van der Waals surface area contributed by atoms with Crippen molar-refractivity contribution < 1.29 is 9.53 Å². The standard InChI is InChI=1S/C26H34O2/c1-3-5-7-8-10-13-21-19-24(28-25(27)18-9-6-4-2)23-17-12-15-20-14-11-16-22(21)26(20)23/h11-12,14-17,19,24H,3-10,13,18H2,1-2H3. The van der Waals surface area contributed by atoms with Gasteiger partial charge in [0, 0.05) is 12.0 Å². The van der Waals surface area contributed by atoms with Crippen molar-refractivity contribution in [3.63, 3.8) is 0 Å². The number of esters is 1. The molecule has 0 fully saturated rings. The Bertz CT molecular complexity index is 813. The highest BCUT2D eigenvalue weighted by Gasteiger charge is 2.24. The Labute approximate surface area is 170 Å². The van der Waals surface area contributed by atoms with E-state index in [0.717, 1.165) is 31.2 Å². The molecule has 2 nitrogen and oxygen atoms in total. The maximum Gasteiger partial charge on any atom is 0.306 e.